The molecular formula is C13H18ClF2N. The van der Waals surface area contributed by atoms with E-state index in [1.165, 1.54) is 0 Å². The van der Waals surface area contributed by atoms with Crippen LogP contribution in [0, 0.1) is 0 Å². The van der Waals surface area contributed by atoms with Gasteiger partial charge in [0.15, 0.2) is 0 Å². The molecule has 0 aliphatic heterocycles. The van der Waals surface area contributed by atoms with E-state index in [1.54, 1.807) is 13.1 Å². The van der Waals surface area contributed by atoms with E-state index in [-0.39, 0.29) is 12.3 Å². The summed E-state index contributed by atoms with van der Waals surface area (Å²) in [5, 5.41) is 3.57. The second-order valence-electron chi connectivity index (χ2n) is 4.10. The van der Waals surface area contributed by atoms with Crippen molar-refractivity contribution in [3.63, 3.8) is 0 Å². The Kier molecular flexibility index (Phi) is 5.69. The highest BCUT2D eigenvalue weighted by molar-refractivity contribution is 6.31. The fourth-order valence-electron chi connectivity index (χ4n) is 1.98. The Morgan fingerprint density at radius 2 is 2.06 bits per heavy atom. The standard InChI is InChI=1S/C13H18ClF2N/c1-3-4-9(7-13(15)16)11-8-10(17-2)5-6-12(11)14/h5-6,8-9,13,17H,3-4,7H2,1-2H3. The predicted octanol–water partition coefficient (Wildman–Crippen LogP) is 4.92. The van der Waals surface area contributed by atoms with Crippen LogP contribution in [0.15, 0.2) is 18.2 Å². The lowest BCUT2D eigenvalue weighted by atomic mass is 9.91. The fourth-order valence-corrected chi connectivity index (χ4v) is 2.25. The molecule has 1 N–H and O–H groups in total. The molecule has 0 bridgehead atoms. The van der Waals surface area contributed by atoms with Gasteiger partial charge in [-0.25, -0.2) is 8.78 Å². The van der Waals surface area contributed by atoms with Crippen LogP contribution in [0.5, 0.6) is 0 Å². The summed E-state index contributed by atoms with van der Waals surface area (Å²) in [4.78, 5) is 0. The molecule has 1 aromatic rings. The molecule has 0 fully saturated rings. The highest BCUT2D eigenvalue weighted by atomic mass is 35.5. The SMILES string of the molecule is CCCC(CC(F)F)c1cc(NC)ccc1Cl. The van der Waals surface area contributed by atoms with Gasteiger partial charge in [-0.3, -0.25) is 0 Å². The third-order valence-corrected chi connectivity index (χ3v) is 3.17. The maximum Gasteiger partial charge on any atom is 0.239 e. The van der Waals surface area contributed by atoms with Crippen molar-refractivity contribution < 1.29 is 8.78 Å². The summed E-state index contributed by atoms with van der Waals surface area (Å²) in [5.74, 6) is -0.166. The topological polar surface area (TPSA) is 12.0 Å². The van der Waals surface area contributed by atoms with Crippen molar-refractivity contribution in [2.24, 2.45) is 0 Å². The van der Waals surface area contributed by atoms with Gasteiger partial charge in [-0.2, -0.15) is 0 Å². The Hall–Kier alpha value is -0.830. The summed E-state index contributed by atoms with van der Waals surface area (Å²) in [5.41, 5.74) is 1.72. The molecular weight excluding hydrogens is 244 g/mol. The van der Waals surface area contributed by atoms with Crippen LogP contribution in [0.2, 0.25) is 5.02 Å². The van der Waals surface area contributed by atoms with Crippen LogP contribution >= 0.6 is 11.6 Å². The number of nitrogens with one attached hydrogen (secondary N) is 1. The van der Waals surface area contributed by atoms with E-state index in [9.17, 15) is 8.78 Å². The Balaban J connectivity index is 2.98. The Morgan fingerprint density at radius 1 is 1.35 bits per heavy atom. The molecule has 1 rings (SSSR count). The maximum absolute atomic E-state index is 12.5. The molecule has 0 saturated carbocycles. The van der Waals surface area contributed by atoms with Gasteiger partial charge < -0.3 is 5.32 Å². The van der Waals surface area contributed by atoms with E-state index in [4.69, 9.17) is 11.6 Å². The summed E-state index contributed by atoms with van der Waals surface area (Å²) in [6.07, 6.45) is -0.809. The number of benzene rings is 1. The lowest BCUT2D eigenvalue weighted by molar-refractivity contribution is 0.126. The number of anilines is 1. The molecule has 1 atom stereocenters. The molecule has 0 aromatic heterocycles. The Morgan fingerprint density at radius 3 is 2.59 bits per heavy atom. The van der Waals surface area contributed by atoms with Crippen LogP contribution in [0.4, 0.5) is 14.5 Å². The molecule has 17 heavy (non-hydrogen) atoms. The largest absolute Gasteiger partial charge is 0.388 e. The quantitative estimate of drug-likeness (QED) is 0.766. The summed E-state index contributed by atoms with van der Waals surface area (Å²) in [6, 6.07) is 5.47. The monoisotopic (exact) mass is 261 g/mol. The van der Waals surface area contributed by atoms with Crippen molar-refractivity contribution in [2.45, 2.75) is 38.5 Å². The van der Waals surface area contributed by atoms with E-state index in [0.717, 1.165) is 24.1 Å². The second kappa shape index (κ2) is 6.80. The summed E-state index contributed by atoms with van der Waals surface area (Å²) in [6.45, 7) is 1.99. The number of hydrogen-bond donors (Lipinski definition) is 1. The number of halogens is 3. The average Bonchev–Trinajstić information content (AvgIpc) is 2.28. The molecule has 0 aliphatic carbocycles. The van der Waals surface area contributed by atoms with Gasteiger partial charge in [0.2, 0.25) is 6.43 Å². The van der Waals surface area contributed by atoms with Crippen LogP contribution in [0.3, 0.4) is 0 Å². The van der Waals surface area contributed by atoms with Gasteiger partial charge in [0, 0.05) is 24.2 Å². The lowest BCUT2D eigenvalue weighted by Gasteiger charge is -2.18. The van der Waals surface area contributed by atoms with E-state index in [1.807, 2.05) is 19.1 Å². The van der Waals surface area contributed by atoms with Crippen molar-refractivity contribution in [1.29, 1.82) is 0 Å². The minimum atomic E-state index is -2.29. The minimum Gasteiger partial charge on any atom is -0.388 e. The van der Waals surface area contributed by atoms with Crippen LogP contribution in [-0.4, -0.2) is 13.5 Å². The number of alkyl halides is 2. The predicted molar refractivity (Wildman–Crippen MR) is 69.3 cm³/mol. The molecule has 0 saturated heterocycles. The number of hydrogen-bond acceptors (Lipinski definition) is 1. The van der Waals surface area contributed by atoms with Crippen molar-refractivity contribution >= 4 is 17.3 Å². The van der Waals surface area contributed by atoms with Crippen molar-refractivity contribution in [3.8, 4) is 0 Å². The number of rotatable bonds is 6. The van der Waals surface area contributed by atoms with Gasteiger partial charge in [-0.15, -0.1) is 0 Å². The first-order chi connectivity index (χ1) is 8.08. The van der Waals surface area contributed by atoms with Gasteiger partial charge in [0.1, 0.15) is 0 Å². The molecule has 0 aliphatic rings. The van der Waals surface area contributed by atoms with Gasteiger partial charge in [0.25, 0.3) is 0 Å². The third kappa shape index (κ3) is 4.15. The van der Waals surface area contributed by atoms with E-state index < -0.39 is 6.43 Å². The van der Waals surface area contributed by atoms with Crippen LogP contribution in [-0.2, 0) is 0 Å². The summed E-state index contributed by atoms with van der Waals surface area (Å²) < 4.78 is 25.1. The van der Waals surface area contributed by atoms with E-state index in [2.05, 4.69) is 5.32 Å². The highest BCUT2D eigenvalue weighted by Crippen LogP contribution is 2.34. The van der Waals surface area contributed by atoms with E-state index in [0.29, 0.717) is 5.02 Å². The first kappa shape index (κ1) is 14.2. The van der Waals surface area contributed by atoms with E-state index >= 15 is 0 Å². The third-order valence-electron chi connectivity index (χ3n) is 2.82. The van der Waals surface area contributed by atoms with Crippen LogP contribution in [0.1, 0.15) is 37.7 Å². The van der Waals surface area contributed by atoms with Gasteiger partial charge in [0.05, 0.1) is 0 Å². The zero-order chi connectivity index (χ0) is 12.8. The summed E-state index contributed by atoms with van der Waals surface area (Å²) in [7, 11) is 1.80. The normalized spacial score (nSPS) is 12.8. The molecule has 1 aromatic carbocycles. The summed E-state index contributed by atoms with van der Waals surface area (Å²) >= 11 is 6.09. The first-order valence-electron chi connectivity index (χ1n) is 5.83. The van der Waals surface area contributed by atoms with Crippen LogP contribution < -0.4 is 5.32 Å². The molecule has 0 spiro atoms. The molecule has 4 heteroatoms. The second-order valence-corrected chi connectivity index (χ2v) is 4.51. The first-order valence-corrected chi connectivity index (χ1v) is 6.21. The van der Waals surface area contributed by atoms with Crippen molar-refractivity contribution in [3.05, 3.63) is 28.8 Å². The molecule has 1 unspecified atom stereocenters. The highest BCUT2D eigenvalue weighted by Gasteiger charge is 2.19. The lowest BCUT2D eigenvalue weighted by Crippen LogP contribution is -2.06. The zero-order valence-electron chi connectivity index (χ0n) is 10.1. The maximum atomic E-state index is 12.5. The van der Waals surface area contributed by atoms with Crippen molar-refractivity contribution in [1.82, 2.24) is 0 Å². The van der Waals surface area contributed by atoms with Gasteiger partial charge >= 0.3 is 0 Å². The molecule has 1 nitrogen and oxygen atoms in total. The smallest absolute Gasteiger partial charge is 0.239 e. The van der Waals surface area contributed by atoms with Gasteiger partial charge in [-0.1, -0.05) is 24.9 Å². The van der Waals surface area contributed by atoms with Gasteiger partial charge in [-0.05, 0) is 36.1 Å². The Bertz CT molecular complexity index is 355. The molecule has 0 radical (unpaired) electrons. The Labute approximate surface area is 106 Å². The van der Waals surface area contributed by atoms with Crippen molar-refractivity contribution in [2.75, 3.05) is 12.4 Å². The molecule has 96 valence electrons. The molecule has 0 heterocycles. The fraction of sp³-hybridized carbons (Fsp3) is 0.538. The minimum absolute atomic E-state index is 0.124. The molecule has 0 amide bonds. The zero-order valence-corrected chi connectivity index (χ0v) is 10.9. The van der Waals surface area contributed by atoms with Crippen LogP contribution in [0.25, 0.3) is 0 Å². The average molecular weight is 262 g/mol.